The molecule has 0 aliphatic carbocycles. The van der Waals surface area contributed by atoms with E-state index in [0.29, 0.717) is 50.0 Å². The number of carbonyl (C=O) groups is 3. The number of piperazine rings is 1. The Labute approximate surface area is 174 Å². The fourth-order valence-electron chi connectivity index (χ4n) is 3.43. The van der Waals surface area contributed by atoms with Gasteiger partial charge in [0.1, 0.15) is 19.8 Å². The van der Waals surface area contributed by atoms with Crippen molar-refractivity contribution in [1.29, 1.82) is 0 Å². The molecule has 4 rings (SSSR count). The molecule has 30 heavy (non-hydrogen) atoms. The van der Waals surface area contributed by atoms with Crippen molar-refractivity contribution in [2.24, 2.45) is 0 Å². The molecule has 2 aliphatic rings. The first-order chi connectivity index (χ1) is 14.5. The number of carbonyl (C=O) groups excluding carboxylic acids is 3. The quantitative estimate of drug-likeness (QED) is 0.758. The largest absolute Gasteiger partial charge is 0.486 e. The van der Waals surface area contributed by atoms with Crippen LogP contribution < -0.4 is 14.8 Å². The standard InChI is InChI=1S/C22H23N3O5/c1-15-2-4-16(5-3-15)13-24-8-9-25(22(28)21(24)27)14-20(26)23-17-6-7-18-19(12-17)30-11-10-29-18/h2-7,12H,8-11,13-14H2,1H3,(H,23,26). The van der Waals surface area contributed by atoms with E-state index in [1.165, 1.54) is 9.80 Å². The molecule has 0 bridgehead atoms. The van der Waals surface area contributed by atoms with E-state index in [1.807, 2.05) is 31.2 Å². The SMILES string of the molecule is Cc1ccc(CN2CCN(CC(=O)Nc3ccc4c(c3)OCCO4)C(=O)C2=O)cc1. The zero-order valence-electron chi connectivity index (χ0n) is 16.7. The maximum Gasteiger partial charge on any atom is 0.312 e. The van der Waals surface area contributed by atoms with Gasteiger partial charge < -0.3 is 24.6 Å². The topological polar surface area (TPSA) is 88.2 Å². The summed E-state index contributed by atoms with van der Waals surface area (Å²) < 4.78 is 11.0. The molecule has 3 amide bonds. The fraction of sp³-hybridized carbons (Fsp3) is 0.318. The average molecular weight is 409 g/mol. The van der Waals surface area contributed by atoms with Crippen molar-refractivity contribution in [3.05, 3.63) is 53.6 Å². The zero-order valence-corrected chi connectivity index (χ0v) is 16.7. The Balaban J connectivity index is 1.33. The van der Waals surface area contributed by atoms with Gasteiger partial charge in [-0.25, -0.2) is 0 Å². The molecule has 8 heteroatoms. The number of amides is 3. The maximum absolute atomic E-state index is 12.5. The van der Waals surface area contributed by atoms with E-state index in [9.17, 15) is 14.4 Å². The van der Waals surface area contributed by atoms with Gasteiger partial charge in [0.15, 0.2) is 11.5 Å². The van der Waals surface area contributed by atoms with Crippen molar-refractivity contribution in [3.63, 3.8) is 0 Å². The predicted octanol–water partition coefficient (Wildman–Crippen LogP) is 1.58. The van der Waals surface area contributed by atoms with Crippen LogP contribution in [-0.2, 0) is 20.9 Å². The second kappa shape index (κ2) is 8.44. The fourth-order valence-corrected chi connectivity index (χ4v) is 3.43. The van der Waals surface area contributed by atoms with Gasteiger partial charge in [-0.15, -0.1) is 0 Å². The predicted molar refractivity (Wildman–Crippen MR) is 109 cm³/mol. The lowest BCUT2D eigenvalue weighted by Crippen LogP contribution is -2.55. The van der Waals surface area contributed by atoms with E-state index in [1.54, 1.807) is 18.2 Å². The molecular formula is C22H23N3O5. The second-order valence-electron chi connectivity index (χ2n) is 7.35. The van der Waals surface area contributed by atoms with Gasteiger partial charge in [0, 0.05) is 31.4 Å². The van der Waals surface area contributed by atoms with Crippen LogP contribution in [0.5, 0.6) is 11.5 Å². The first kappa shape index (κ1) is 19.8. The van der Waals surface area contributed by atoms with E-state index in [-0.39, 0.29) is 12.5 Å². The van der Waals surface area contributed by atoms with Crippen LogP contribution in [0.1, 0.15) is 11.1 Å². The summed E-state index contributed by atoms with van der Waals surface area (Å²) in [5.74, 6) is -0.431. The highest BCUT2D eigenvalue weighted by molar-refractivity contribution is 6.35. The summed E-state index contributed by atoms with van der Waals surface area (Å²) in [5, 5.41) is 2.74. The van der Waals surface area contributed by atoms with E-state index in [4.69, 9.17) is 9.47 Å². The summed E-state index contributed by atoms with van der Waals surface area (Å²) in [4.78, 5) is 40.2. The minimum atomic E-state index is -0.661. The van der Waals surface area contributed by atoms with Crippen molar-refractivity contribution >= 4 is 23.4 Å². The number of hydrogen-bond donors (Lipinski definition) is 1. The highest BCUT2D eigenvalue weighted by atomic mass is 16.6. The summed E-state index contributed by atoms with van der Waals surface area (Å²) in [6, 6.07) is 12.9. The van der Waals surface area contributed by atoms with Gasteiger partial charge in [-0.2, -0.15) is 0 Å². The summed E-state index contributed by atoms with van der Waals surface area (Å²) in [6.45, 7) is 3.83. The van der Waals surface area contributed by atoms with Gasteiger partial charge in [-0.05, 0) is 24.6 Å². The summed E-state index contributed by atoms with van der Waals surface area (Å²) in [7, 11) is 0. The van der Waals surface area contributed by atoms with Crippen LogP contribution in [0.25, 0.3) is 0 Å². The summed E-state index contributed by atoms with van der Waals surface area (Å²) in [5.41, 5.74) is 2.64. The van der Waals surface area contributed by atoms with E-state index < -0.39 is 11.8 Å². The van der Waals surface area contributed by atoms with Gasteiger partial charge in [0.2, 0.25) is 5.91 Å². The van der Waals surface area contributed by atoms with Gasteiger partial charge in [0.05, 0.1) is 0 Å². The molecular weight excluding hydrogens is 386 g/mol. The molecule has 0 unspecified atom stereocenters. The number of nitrogens with one attached hydrogen (secondary N) is 1. The van der Waals surface area contributed by atoms with Crippen molar-refractivity contribution in [3.8, 4) is 11.5 Å². The number of aryl methyl sites for hydroxylation is 1. The molecule has 0 spiro atoms. The third-order valence-corrected chi connectivity index (χ3v) is 5.05. The Bertz CT molecular complexity index is 973. The Morgan fingerprint density at radius 3 is 2.37 bits per heavy atom. The minimum Gasteiger partial charge on any atom is -0.486 e. The Morgan fingerprint density at radius 1 is 0.933 bits per heavy atom. The number of benzene rings is 2. The minimum absolute atomic E-state index is 0.183. The first-order valence-electron chi connectivity index (χ1n) is 9.83. The Kier molecular flexibility index (Phi) is 5.56. The van der Waals surface area contributed by atoms with Crippen LogP contribution in [0.15, 0.2) is 42.5 Å². The van der Waals surface area contributed by atoms with Crippen LogP contribution in [0.4, 0.5) is 5.69 Å². The molecule has 1 fully saturated rings. The lowest BCUT2D eigenvalue weighted by molar-refractivity contribution is -0.157. The number of anilines is 1. The number of hydrogen-bond acceptors (Lipinski definition) is 5. The van der Waals surface area contributed by atoms with E-state index in [0.717, 1.165) is 11.1 Å². The molecule has 2 heterocycles. The highest BCUT2D eigenvalue weighted by Crippen LogP contribution is 2.32. The van der Waals surface area contributed by atoms with Crippen LogP contribution in [0.3, 0.4) is 0 Å². The van der Waals surface area contributed by atoms with Crippen molar-refractivity contribution < 1.29 is 23.9 Å². The summed E-state index contributed by atoms with van der Waals surface area (Å²) >= 11 is 0. The highest BCUT2D eigenvalue weighted by Gasteiger charge is 2.33. The normalized spacial score (nSPS) is 15.9. The van der Waals surface area contributed by atoms with Gasteiger partial charge >= 0.3 is 11.8 Å². The molecule has 0 atom stereocenters. The molecule has 1 N–H and O–H groups in total. The Hall–Kier alpha value is -3.55. The third kappa shape index (κ3) is 4.37. The zero-order chi connectivity index (χ0) is 21.1. The van der Waals surface area contributed by atoms with Crippen molar-refractivity contribution in [2.75, 3.05) is 38.2 Å². The smallest absolute Gasteiger partial charge is 0.312 e. The number of ether oxygens (including phenoxy) is 2. The lowest BCUT2D eigenvalue weighted by Gasteiger charge is -2.33. The number of fused-ring (bicyclic) bond motifs is 1. The van der Waals surface area contributed by atoms with Gasteiger partial charge in [0.25, 0.3) is 0 Å². The van der Waals surface area contributed by atoms with Crippen LogP contribution in [0, 0.1) is 6.92 Å². The van der Waals surface area contributed by atoms with E-state index >= 15 is 0 Å². The van der Waals surface area contributed by atoms with Crippen LogP contribution >= 0.6 is 0 Å². The molecule has 2 aliphatic heterocycles. The number of nitrogens with zero attached hydrogens (tertiary/aromatic N) is 2. The van der Waals surface area contributed by atoms with Crippen LogP contribution in [-0.4, -0.2) is 60.4 Å². The molecule has 0 saturated carbocycles. The molecule has 156 valence electrons. The lowest BCUT2D eigenvalue weighted by atomic mass is 10.1. The second-order valence-corrected chi connectivity index (χ2v) is 7.35. The number of rotatable bonds is 5. The molecule has 8 nitrogen and oxygen atoms in total. The molecule has 0 aromatic heterocycles. The molecule has 1 saturated heterocycles. The average Bonchev–Trinajstić information content (AvgIpc) is 2.75. The van der Waals surface area contributed by atoms with Gasteiger partial charge in [-0.3, -0.25) is 14.4 Å². The van der Waals surface area contributed by atoms with Crippen molar-refractivity contribution in [2.45, 2.75) is 13.5 Å². The summed E-state index contributed by atoms with van der Waals surface area (Å²) in [6.07, 6.45) is 0. The molecule has 0 radical (unpaired) electrons. The third-order valence-electron chi connectivity index (χ3n) is 5.05. The van der Waals surface area contributed by atoms with Crippen LogP contribution in [0.2, 0.25) is 0 Å². The monoisotopic (exact) mass is 409 g/mol. The Morgan fingerprint density at radius 2 is 1.60 bits per heavy atom. The maximum atomic E-state index is 12.5. The molecule has 2 aromatic carbocycles. The van der Waals surface area contributed by atoms with Crippen molar-refractivity contribution in [1.82, 2.24) is 9.80 Å². The van der Waals surface area contributed by atoms with E-state index in [2.05, 4.69) is 5.32 Å². The van der Waals surface area contributed by atoms with Gasteiger partial charge in [-0.1, -0.05) is 29.8 Å². The first-order valence-corrected chi connectivity index (χ1v) is 9.83. The molecule has 2 aromatic rings.